The molecule has 0 N–H and O–H groups in total. The van der Waals surface area contributed by atoms with Crippen LogP contribution in [0.15, 0.2) is 21.9 Å². The summed E-state index contributed by atoms with van der Waals surface area (Å²) in [6.07, 6.45) is 3.89. The molecule has 1 aromatic rings. The molecule has 0 aliphatic heterocycles. The van der Waals surface area contributed by atoms with Gasteiger partial charge in [-0.1, -0.05) is 0 Å². The van der Waals surface area contributed by atoms with Gasteiger partial charge in [-0.3, -0.25) is 0 Å². The molecule has 1 aromatic carbocycles. The van der Waals surface area contributed by atoms with Crippen LogP contribution >= 0.6 is 23.5 Å². The second kappa shape index (κ2) is 4.19. The maximum absolute atomic E-state index is 13.3. The van der Waals surface area contributed by atoms with Crippen molar-refractivity contribution < 1.29 is 4.39 Å². The van der Waals surface area contributed by atoms with Gasteiger partial charge >= 0.3 is 0 Å². The van der Waals surface area contributed by atoms with E-state index in [9.17, 15) is 4.39 Å². The third-order valence-corrected chi connectivity index (χ3v) is 3.09. The van der Waals surface area contributed by atoms with E-state index < -0.39 is 0 Å². The fourth-order valence-corrected chi connectivity index (χ4v) is 2.16. The third-order valence-electron chi connectivity index (χ3n) is 1.65. The fraction of sp³-hybridized carbons (Fsp3) is 0.333. The SMILES string of the molecule is CSc1cc(C)c(F)c(SC)c1. The Morgan fingerprint density at radius 2 is 1.83 bits per heavy atom. The van der Waals surface area contributed by atoms with E-state index in [0.29, 0.717) is 0 Å². The molecular weight excluding hydrogens is 191 g/mol. The quantitative estimate of drug-likeness (QED) is 0.672. The van der Waals surface area contributed by atoms with Crippen LogP contribution in [0.25, 0.3) is 0 Å². The Labute approximate surface area is 80.9 Å². The molecule has 0 aromatic heterocycles. The van der Waals surface area contributed by atoms with Crippen molar-refractivity contribution in [2.45, 2.75) is 16.7 Å². The highest BCUT2D eigenvalue weighted by Crippen LogP contribution is 2.27. The summed E-state index contributed by atoms with van der Waals surface area (Å²) in [5, 5.41) is 0. The second-order valence-electron chi connectivity index (χ2n) is 2.46. The monoisotopic (exact) mass is 202 g/mol. The van der Waals surface area contributed by atoms with Gasteiger partial charge in [-0.25, -0.2) is 4.39 Å². The minimum absolute atomic E-state index is 0.0831. The minimum atomic E-state index is -0.0831. The van der Waals surface area contributed by atoms with E-state index >= 15 is 0 Å². The summed E-state index contributed by atoms with van der Waals surface area (Å²) in [4.78, 5) is 1.86. The number of halogens is 1. The summed E-state index contributed by atoms with van der Waals surface area (Å²) in [6.45, 7) is 1.80. The van der Waals surface area contributed by atoms with Gasteiger partial charge in [0.2, 0.25) is 0 Å². The molecule has 0 fully saturated rings. The van der Waals surface area contributed by atoms with E-state index in [-0.39, 0.29) is 5.82 Å². The Kier molecular flexibility index (Phi) is 3.47. The summed E-state index contributed by atoms with van der Waals surface area (Å²) in [6, 6.07) is 3.76. The minimum Gasteiger partial charge on any atom is -0.205 e. The number of hydrogen-bond donors (Lipinski definition) is 0. The Hall–Kier alpha value is -0.150. The molecule has 1 rings (SSSR count). The molecule has 12 heavy (non-hydrogen) atoms. The molecule has 0 nitrogen and oxygen atoms in total. The van der Waals surface area contributed by atoms with Crippen molar-refractivity contribution in [1.29, 1.82) is 0 Å². The molecule has 0 saturated carbocycles. The number of hydrogen-bond acceptors (Lipinski definition) is 2. The van der Waals surface area contributed by atoms with Gasteiger partial charge in [0.25, 0.3) is 0 Å². The van der Waals surface area contributed by atoms with Crippen LogP contribution in [0.2, 0.25) is 0 Å². The van der Waals surface area contributed by atoms with Crippen molar-refractivity contribution in [2.75, 3.05) is 12.5 Å². The summed E-state index contributed by atoms with van der Waals surface area (Å²) in [5.74, 6) is -0.0831. The van der Waals surface area contributed by atoms with E-state index in [0.717, 1.165) is 15.4 Å². The molecule has 66 valence electrons. The lowest BCUT2D eigenvalue weighted by Gasteiger charge is -2.05. The van der Waals surface area contributed by atoms with Crippen LogP contribution in [-0.2, 0) is 0 Å². The normalized spacial score (nSPS) is 10.3. The zero-order valence-electron chi connectivity index (χ0n) is 7.35. The van der Waals surface area contributed by atoms with Gasteiger partial charge in [-0.15, -0.1) is 23.5 Å². The second-order valence-corrected chi connectivity index (χ2v) is 4.19. The lowest BCUT2D eigenvalue weighted by molar-refractivity contribution is 0.590. The first kappa shape index (κ1) is 9.93. The van der Waals surface area contributed by atoms with E-state index in [2.05, 4.69) is 0 Å². The highest BCUT2D eigenvalue weighted by atomic mass is 32.2. The number of benzene rings is 1. The van der Waals surface area contributed by atoms with Crippen molar-refractivity contribution in [1.82, 2.24) is 0 Å². The molecule has 0 atom stereocenters. The summed E-state index contributed by atoms with van der Waals surface area (Å²) < 4.78 is 13.3. The van der Waals surface area contributed by atoms with Crippen LogP contribution in [0.1, 0.15) is 5.56 Å². The van der Waals surface area contributed by atoms with Crippen LogP contribution in [0.4, 0.5) is 4.39 Å². The van der Waals surface area contributed by atoms with Gasteiger partial charge in [-0.2, -0.15) is 0 Å². The summed E-state index contributed by atoms with van der Waals surface area (Å²) >= 11 is 3.09. The lowest BCUT2D eigenvalue weighted by Crippen LogP contribution is -1.86. The van der Waals surface area contributed by atoms with Crippen LogP contribution in [0.3, 0.4) is 0 Å². The van der Waals surface area contributed by atoms with Gasteiger partial charge in [0.1, 0.15) is 5.82 Å². The topological polar surface area (TPSA) is 0 Å². The molecule has 0 spiro atoms. The first-order valence-electron chi connectivity index (χ1n) is 3.57. The third kappa shape index (κ3) is 1.96. The standard InChI is InChI=1S/C9H11FS2/c1-6-4-7(11-2)5-8(12-3)9(6)10/h4-5H,1-3H3. The maximum Gasteiger partial charge on any atom is 0.139 e. The lowest BCUT2D eigenvalue weighted by atomic mass is 10.2. The van der Waals surface area contributed by atoms with Crippen molar-refractivity contribution in [2.24, 2.45) is 0 Å². The Balaban J connectivity index is 3.19. The van der Waals surface area contributed by atoms with E-state index in [1.54, 1.807) is 18.7 Å². The van der Waals surface area contributed by atoms with Crippen LogP contribution < -0.4 is 0 Å². The molecule has 0 saturated heterocycles. The van der Waals surface area contributed by atoms with Gasteiger partial charge < -0.3 is 0 Å². The molecular formula is C9H11FS2. The summed E-state index contributed by atoms with van der Waals surface area (Å²) in [7, 11) is 0. The largest absolute Gasteiger partial charge is 0.205 e. The first-order chi connectivity index (χ1) is 5.69. The average Bonchev–Trinajstić information content (AvgIpc) is 2.09. The molecule has 0 unspecified atom stereocenters. The molecule has 0 amide bonds. The van der Waals surface area contributed by atoms with E-state index in [4.69, 9.17) is 0 Å². The fourth-order valence-electron chi connectivity index (χ4n) is 0.972. The predicted octanol–water partition coefficient (Wildman–Crippen LogP) is 3.58. The van der Waals surface area contributed by atoms with Crippen LogP contribution in [0, 0.1) is 12.7 Å². The highest BCUT2D eigenvalue weighted by Gasteiger charge is 2.05. The average molecular weight is 202 g/mol. The number of aryl methyl sites for hydroxylation is 1. The Morgan fingerprint density at radius 3 is 2.33 bits per heavy atom. The first-order valence-corrected chi connectivity index (χ1v) is 6.02. The molecule has 0 radical (unpaired) electrons. The van der Waals surface area contributed by atoms with Crippen molar-refractivity contribution in [3.05, 3.63) is 23.5 Å². The van der Waals surface area contributed by atoms with Gasteiger partial charge in [0.05, 0.1) is 0 Å². The molecule has 0 aliphatic rings. The van der Waals surface area contributed by atoms with Gasteiger partial charge in [0, 0.05) is 9.79 Å². The van der Waals surface area contributed by atoms with Crippen molar-refractivity contribution >= 4 is 23.5 Å². The zero-order valence-corrected chi connectivity index (χ0v) is 8.98. The molecule has 0 bridgehead atoms. The van der Waals surface area contributed by atoms with Crippen LogP contribution in [0.5, 0.6) is 0 Å². The Morgan fingerprint density at radius 1 is 1.17 bits per heavy atom. The number of rotatable bonds is 2. The number of thioether (sulfide) groups is 2. The highest BCUT2D eigenvalue weighted by molar-refractivity contribution is 7.99. The van der Waals surface area contributed by atoms with E-state index in [1.807, 2.05) is 24.6 Å². The molecule has 0 aliphatic carbocycles. The molecule has 3 heteroatoms. The zero-order chi connectivity index (χ0) is 9.14. The van der Waals surface area contributed by atoms with Crippen LogP contribution in [-0.4, -0.2) is 12.5 Å². The molecule has 0 heterocycles. The van der Waals surface area contributed by atoms with Gasteiger partial charge in [0.15, 0.2) is 0 Å². The summed E-state index contributed by atoms with van der Waals surface area (Å²) in [5.41, 5.74) is 0.728. The maximum atomic E-state index is 13.3. The van der Waals surface area contributed by atoms with E-state index in [1.165, 1.54) is 11.8 Å². The van der Waals surface area contributed by atoms with Crippen molar-refractivity contribution in [3.63, 3.8) is 0 Å². The smallest absolute Gasteiger partial charge is 0.139 e. The Bertz CT molecular complexity index is 284. The predicted molar refractivity (Wildman–Crippen MR) is 54.7 cm³/mol. The van der Waals surface area contributed by atoms with Gasteiger partial charge in [-0.05, 0) is 37.1 Å². The van der Waals surface area contributed by atoms with Crippen molar-refractivity contribution in [3.8, 4) is 0 Å².